The van der Waals surface area contributed by atoms with Crippen molar-refractivity contribution in [1.82, 2.24) is 5.32 Å². The Morgan fingerprint density at radius 2 is 1.71 bits per heavy atom. The molecule has 2 N–H and O–H groups in total. The maximum absolute atomic E-state index is 13.0. The first-order chi connectivity index (χ1) is 15.0. The molecule has 0 radical (unpaired) electrons. The predicted octanol–water partition coefficient (Wildman–Crippen LogP) is 6.54. The molecule has 0 saturated heterocycles. The molecule has 2 aromatic carbocycles. The molecule has 1 aliphatic rings. The van der Waals surface area contributed by atoms with E-state index in [1.165, 1.54) is 56.3 Å². The van der Waals surface area contributed by atoms with Crippen molar-refractivity contribution in [2.45, 2.75) is 68.7 Å². The largest absolute Gasteiger partial charge is 0.310 e. The molecule has 1 aliphatic carbocycles. The zero-order valence-electron chi connectivity index (χ0n) is 18.1. The van der Waals surface area contributed by atoms with Crippen molar-refractivity contribution in [3.63, 3.8) is 0 Å². The third kappa shape index (κ3) is 5.88. The van der Waals surface area contributed by atoms with Gasteiger partial charge in [-0.05, 0) is 48.4 Å². The van der Waals surface area contributed by atoms with Gasteiger partial charge in [0, 0.05) is 17.3 Å². The Morgan fingerprint density at radius 3 is 2.48 bits per heavy atom. The molecule has 0 amide bonds. The summed E-state index contributed by atoms with van der Waals surface area (Å²) in [6.45, 7) is 2.90. The smallest absolute Gasteiger partial charge is 0.271 e. The first-order valence-electron chi connectivity index (χ1n) is 11.3. The molecule has 0 bridgehead atoms. The van der Waals surface area contributed by atoms with Gasteiger partial charge in [-0.25, -0.2) is 8.42 Å². The summed E-state index contributed by atoms with van der Waals surface area (Å²) >= 11 is 1.30. The molecule has 1 atom stereocenters. The molecule has 166 valence electrons. The Bertz CT molecular complexity index is 1070. The highest BCUT2D eigenvalue weighted by atomic mass is 32.2. The fourth-order valence-electron chi connectivity index (χ4n) is 4.53. The van der Waals surface area contributed by atoms with Crippen molar-refractivity contribution in [1.29, 1.82) is 0 Å². The van der Waals surface area contributed by atoms with E-state index in [-0.39, 0.29) is 0 Å². The third-order valence-electron chi connectivity index (χ3n) is 6.23. The van der Waals surface area contributed by atoms with Gasteiger partial charge in [0.2, 0.25) is 0 Å². The average Bonchev–Trinajstić information content (AvgIpc) is 3.05. The van der Waals surface area contributed by atoms with Crippen LogP contribution >= 0.6 is 11.3 Å². The summed E-state index contributed by atoms with van der Waals surface area (Å²) in [5.41, 5.74) is 1.62. The van der Waals surface area contributed by atoms with Crippen molar-refractivity contribution in [2.24, 2.45) is 5.92 Å². The number of anilines is 1. The summed E-state index contributed by atoms with van der Waals surface area (Å²) in [5.74, 6) is 0.812. The van der Waals surface area contributed by atoms with E-state index in [2.05, 4.69) is 17.0 Å². The number of benzene rings is 2. The van der Waals surface area contributed by atoms with E-state index in [4.69, 9.17) is 0 Å². The van der Waals surface area contributed by atoms with Gasteiger partial charge >= 0.3 is 0 Å². The van der Waals surface area contributed by atoms with Gasteiger partial charge in [-0.1, -0.05) is 74.9 Å². The lowest BCUT2D eigenvalue weighted by Gasteiger charge is -2.21. The molecule has 3 aromatic rings. The van der Waals surface area contributed by atoms with E-state index in [1.54, 1.807) is 6.07 Å². The highest BCUT2D eigenvalue weighted by Crippen LogP contribution is 2.31. The highest BCUT2D eigenvalue weighted by molar-refractivity contribution is 7.94. The quantitative estimate of drug-likeness (QED) is 0.378. The number of para-hydroxylation sites is 1. The van der Waals surface area contributed by atoms with Gasteiger partial charge in [0.1, 0.15) is 4.21 Å². The topological polar surface area (TPSA) is 58.2 Å². The fourth-order valence-corrected chi connectivity index (χ4v) is 7.02. The molecule has 1 fully saturated rings. The summed E-state index contributed by atoms with van der Waals surface area (Å²) in [4.78, 5) is 0. The second-order valence-electron chi connectivity index (χ2n) is 8.74. The van der Waals surface area contributed by atoms with E-state index >= 15 is 0 Å². The molecule has 6 heteroatoms. The van der Waals surface area contributed by atoms with Gasteiger partial charge in [0.05, 0.1) is 5.69 Å². The number of fused-ring (bicyclic) bond motifs is 1. The minimum absolute atomic E-state index is 0.346. The molecular weight excluding hydrogens is 424 g/mol. The molecule has 31 heavy (non-hydrogen) atoms. The second kappa shape index (κ2) is 10.2. The normalized spacial score (nSPS) is 16.8. The minimum Gasteiger partial charge on any atom is -0.310 e. The Labute approximate surface area is 190 Å². The third-order valence-corrected chi connectivity index (χ3v) is 9.19. The van der Waals surface area contributed by atoms with Gasteiger partial charge in [-0.15, -0.1) is 11.3 Å². The summed E-state index contributed by atoms with van der Waals surface area (Å²) in [5, 5.41) is 4.58. The number of hydrogen-bond donors (Lipinski definition) is 2. The molecule has 1 aromatic heterocycles. The van der Waals surface area contributed by atoms with Gasteiger partial charge < -0.3 is 5.32 Å². The standard InChI is InChI=1S/C25H32N2O2S2/c1-19(16-20-10-4-2-3-5-11-20)26-18-22-13-6-8-14-23(22)27-31(28,29)25-17-21-12-7-9-15-24(21)30-25/h6-9,12-15,17,19-20,26-27H,2-5,10-11,16,18H2,1H3/t19-/m0/s1. The lowest BCUT2D eigenvalue weighted by Crippen LogP contribution is -2.28. The van der Waals surface area contributed by atoms with E-state index < -0.39 is 10.0 Å². The fraction of sp³-hybridized carbons (Fsp3) is 0.440. The second-order valence-corrected chi connectivity index (χ2v) is 11.7. The van der Waals surface area contributed by atoms with Crippen LogP contribution in [0.15, 0.2) is 58.8 Å². The first-order valence-corrected chi connectivity index (χ1v) is 13.6. The number of nitrogens with one attached hydrogen (secondary N) is 2. The number of hydrogen-bond acceptors (Lipinski definition) is 4. The Kier molecular flexibility index (Phi) is 7.31. The Hall–Kier alpha value is -1.89. The summed E-state index contributed by atoms with van der Waals surface area (Å²) < 4.78 is 30.2. The van der Waals surface area contributed by atoms with Crippen molar-refractivity contribution < 1.29 is 8.42 Å². The van der Waals surface area contributed by atoms with Gasteiger partial charge in [-0.2, -0.15) is 0 Å². The number of thiophene rings is 1. The summed E-state index contributed by atoms with van der Waals surface area (Å²) in [7, 11) is -3.62. The lowest BCUT2D eigenvalue weighted by molar-refractivity contribution is 0.363. The predicted molar refractivity (Wildman–Crippen MR) is 131 cm³/mol. The number of rotatable bonds is 8. The maximum Gasteiger partial charge on any atom is 0.271 e. The molecule has 0 spiro atoms. The van der Waals surface area contributed by atoms with Crippen molar-refractivity contribution in [3.05, 3.63) is 60.2 Å². The van der Waals surface area contributed by atoms with Crippen LogP contribution in [0.4, 0.5) is 5.69 Å². The SMILES string of the molecule is C[C@@H](CC1CCCCCC1)NCc1ccccc1NS(=O)(=O)c1cc2ccccc2s1. The summed E-state index contributed by atoms with van der Waals surface area (Å²) in [6, 6.07) is 17.6. The molecule has 1 heterocycles. The van der Waals surface area contributed by atoms with E-state index in [0.29, 0.717) is 22.5 Å². The maximum atomic E-state index is 13.0. The van der Waals surface area contributed by atoms with Crippen molar-refractivity contribution in [2.75, 3.05) is 4.72 Å². The molecule has 0 aliphatic heterocycles. The Balaban J connectivity index is 1.41. The lowest BCUT2D eigenvalue weighted by atomic mass is 9.93. The molecule has 4 nitrogen and oxygen atoms in total. The molecule has 1 saturated carbocycles. The molecular formula is C25H32N2O2S2. The van der Waals surface area contributed by atoms with Crippen LogP contribution in [0.5, 0.6) is 0 Å². The van der Waals surface area contributed by atoms with Gasteiger partial charge in [0.25, 0.3) is 10.0 Å². The van der Waals surface area contributed by atoms with Crippen LogP contribution in [-0.4, -0.2) is 14.5 Å². The van der Waals surface area contributed by atoms with E-state index in [0.717, 1.165) is 21.6 Å². The molecule has 4 rings (SSSR count). The Morgan fingerprint density at radius 1 is 1.00 bits per heavy atom. The van der Waals surface area contributed by atoms with Crippen LogP contribution in [-0.2, 0) is 16.6 Å². The van der Waals surface area contributed by atoms with E-state index in [1.807, 2.05) is 48.5 Å². The van der Waals surface area contributed by atoms with E-state index in [9.17, 15) is 8.42 Å². The van der Waals surface area contributed by atoms with Crippen LogP contribution in [0, 0.1) is 5.92 Å². The van der Waals surface area contributed by atoms with Crippen LogP contribution in [0.1, 0.15) is 57.4 Å². The minimum atomic E-state index is -3.62. The van der Waals surface area contributed by atoms with Crippen molar-refractivity contribution in [3.8, 4) is 0 Å². The molecule has 0 unspecified atom stereocenters. The summed E-state index contributed by atoms with van der Waals surface area (Å²) in [6.07, 6.45) is 9.36. The van der Waals surface area contributed by atoms with Gasteiger partial charge in [0.15, 0.2) is 0 Å². The van der Waals surface area contributed by atoms with Crippen LogP contribution in [0.3, 0.4) is 0 Å². The zero-order chi connectivity index (χ0) is 21.7. The van der Waals surface area contributed by atoms with Gasteiger partial charge in [-0.3, -0.25) is 4.72 Å². The number of sulfonamides is 1. The monoisotopic (exact) mass is 456 g/mol. The van der Waals surface area contributed by atoms with Crippen molar-refractivity contribution >= 4 is 37.1 Å². The average molecular weight is 457 g/mol. The zero-order valence-corrected chi connectivity index (χ0v) is 19.8. The van der Waals surface area contributed by atoms with Crippen LogP contribution in [0.2, 0.25) is 0 Å². The first kappa shape index (κ1) is 22.3. The highest BCUT2D eigenvalue weighted by Gasteiger charge is 2.20. The van der Waals surface area contributed by atoms with Crippen LogP contribution in [0.25, 0.3) is 10.1 Å². The van der Waals surface area contributed by atoms with Crippen LogP contribution < -0.4 is 10.0 Å².